The van der Waals surface area contributed by atoms with Crippen molar-refractivity contribution in [2.45, 2.75) is 23.8 Å². The molecule has 1 fully saturated rings. The first kappa shape index (κ1) is 23.4. The zero-order valence-corrected chi connectivity index (χ0v) is 20.7. The molecule has 0 saturated carbocycles. The summed E-state index contributed by atoms with van der Waals surface area (Å²) >= 11 is 1.40. The Kier molecular flexibility index (Phi) is 7.45. The van der Waals surface area contributed by atoms with E-state index >= 15 is 0 Å². The summed E-state index contributed by atoms with van der Waals surface area (Å²) in [6.07, 6.45) is 3.15. The van der Waals surface area contributed by atoms with Crippen molar-refractivity contribution in [3.8, 4) is 11.5 Å². The number of hydrogen-bond acceptors (Lipinski definition) is 10. The van der Waals surface area contributed by atoms with Gasteiger partial charge in [0.1, 0.15) is 28.8 Å². The molecule has 0 amide bonds. The SMILES string of the molecule is COc1cc(OC2CCOCC2)ccc1Nc1ncnc(Nc2ccccc2S(=O)(=O)I)n1. The molecule has 0 radical (unpaired) electrons. The quantitative estimate of drug-likeness (QED) is 0.297. The second-order valence-electron chi connectivity index (χ2n) is 7.11. The first-order chi connectivity index (χ1) is 15.9. The molecule has 2 heterocycles. The number of nitrogens with zero attached hydrogens (tertiary/aromatic N) is 3. The van der Waals surface area contributed by atoms with Crippen molar-refractivity contribution in [2.75, 3.05) is 31.0 Å². The van der Waals surface area contributed by atoms with Gasteiger partial charge < -0.3 is 24.8 Å². The van der Waals surface area contributed by atoms with Crippen LogP contribution in [0.5, 0.6) is 11.5 Å². The Hall–Kier alpha value is -2.71. The van der Waals surface area contributed by atoms with Gasteiger partial charge in [-0.15, -0.1) is 0 Å². The normalized spacial score (nSPS) is 14.5. The summed E-state index contributed by atoms with van der Waals surface area (Å²) in [5, 5.41) is 6.04. The molecule has 0 unspecified atom stereocenters. The van der Waals surface area contributed by atoms with E-state index in [1.165, 1.54) is 33.6 Å². The van der Waals surface area contributed by atoms with Crippen molar-refractivity contribution in [3.05, 3.63) is 48.8 Å². The van der Waals surface area contributed by atoms with E-state index in [-0.39, 0.29) is 22.9 Å². The molecule has 12 heteroatoms. The summed E-state index contributed by atoms with van der Waals surface area (Å²) in [7, 11) is -1.88. The van der Waals surface area contributed by atoms with Gasteiger partial charge in [0.05, 0.1) is 52.9 Å². The second-order valence-corrected chi connectivity index (χ2v) is 11.9. The van der Waals surface area contributed by atoms with Crippen LogP contribution < -0.4 is 20.1 Å². The average molecular weight is 583 g/mol. The molecule has 2 aromatic carbocycles. The molecule has 10 nitrogen and oxygen atoms in total. The van der Waals surface area contributed by atoms with E-state index in [4.69, 9.17) is 14.2 Å². The van der Waals surface area contributed by atoms with Gasteiger partial charge in [0.15, 0.2) is 0 Å². The third kappa shape index (κ3) is 6.21. The third-order valence-electron chi connectivity index (χ3n) is 4.86. The zero-order valence-electron chi connectivity index (χ0n) is 17.7. The summed E-state index contributed by atoms with van der Waals surface area (Å²) < 4.78 is 41.0. The van der Waals surface area contributed by atoms with Gasteiger partial charge in [-0.05, 0) is 24.3 Å². The largest absolute Gasteiger partial charge is 0.494 e. The number of aromatic nitrogens is 3. The Morgan fingerprint density at radius 3 is 2.42 bits per heavy atom. The molecule has 4 rings (SSSR count). The molecule has 0 aliphatic carbocycles. The van der Waals surface area contributed by atoms with E-state index in [2.05, 4.69) is 25.6 Å². The Morgan fingerprint density at radius 2 is 1.73 bits per heavy atom. The Bertz CT molecular complexity index is 1220. The Labute approximate surface area is 203 Å². The lowest BCUT2D eigenvalue weighted by atomic mass is 10.1. The fourth-order valence-corrected chi connectivity index (χ4v) is 5.05. The van der Waals surface area contributed by atoms with E-state index < -0.39 is 7.01 Å². The maximum atomic E-state index is 12.0. The van der Waals surface area contributed by atoms with Gasteiger partial charge in [-0.2, -0.15) is 4.98 Å². The predicted molar refractivity (Wildman–Crippen MR) is 132 cm³/mol. The molecule has 1 aromatic heterocycles. The van der Waals surface area contributed by atoms with Crippen LogP contribution in [0.3, 0.4) is 0 Å². The summed E-state index contributed by atoms with van der Waals surface area (Å²) in [6.45, 7) is 1.40. The molecule has 1 aliphatic heterocycles. The van der Waals surface area contributed by atoms with Crippen molar-refractivity contribution in [1.82, 2.24) is 15.0 Å². The molecule has 1 saturated heterocycles. The number of nitrogens with one attached hydrogen (secondary N) is 2. The maximum Gasteiger partial charge on any atom is 0.233 e. The highest BCUT2D eigenvalue weighted by atomic mass is 127. The summed E-state index contributed by atoms with van der Waals surface area (Å²) in [4.78, 5) is 12.7. The van der Waals surface area contributed by atoms with E-state index in [1.54, 1.807) is 31.4 Å². The number of anilines is 4. The predicted octanol–water partition coefficient (Wildman–Crippen LogP) is 4.05. The summed E-state index contributed by atoms with van der Waals surface area (Å²) in [5.74, 6) is 1.73. The minimum atomic E-state index is -3.45. The first-order valence-electron chi connectivity index (χ1n) is 10.1. The third-order valence-corrected chi connectivity index (χ3v) is 7.16. The summed E-state index contributed by atoms with van der Waals surface area (Å²) in [5.41, 5.74) is 1.01. The fourth-order valence-electron chi connectivity index (χ4n) is 3.27. The number of para-hydroxylation sites is 1. The van der Waals surface area contributed by atoms with Crippen LogP contribution in [0.1, 0.15) is 12.8 Å². The molecule has 0 spiro atoms. The lowest BCUT2D eigenvalue weighted by Crippen LogP contribution is -2.25. The van der Waals surface area contributed by atoms with Gasteiger partial charge in [0.25, 0.3) is 0 Å². The van der Waals surface area contributed by atoms with Crippen LogP contribution in [-0.2, 0) is 11.7 Å². The lowest BCUT2D eigenvalue weighted by Gasteiger charge is -2.23. The maximum absolute atomic E-state index is 12.0. The van der Waals surface area contributed by atoms with Crippen molar-refractivity contribution in [3.63, 3.8) is 0 Å². The van der Waals surface area contributed by atoms with Crippen LogP contribution in [0.4, 0.5) is 23.3 Å². The number of benzene rings is 2. The minimum absolute atomic E-state index is 0.119. The van der Waals surface area contributed by atoms with E-state index in [1.807, 2.05) is 12.1 Å². The molecule has 0 bridgehead atoms. The van der Waals surface area contributed by atoms with Crippen LogP contribution in [0, 0.1) is 0 Å². The van der Waals surface area contributed by atoms with Gasteiger partial charge in [0.2, 0.25) is 18.9 Å². The second kappa shape index (κ2) is 10.5. The molecular formula is C21H22IN5O5S. The number of hydrogen-bond donors (Lipinski definition) is 2. The Morgan fingerprint density at radius 1 is 1.03 bits per heavy atom. The van der Waals surface area contributed by atoms with E-state index in [9.17, 15) is 8.42 Å². The monoisotopic (exact) mass is 583 g/mol. The lowest BCUT2D eigenvalue weighted by molar-refractivity contribution is 0.0255. The van der Waals surface area contributed by atoms with Gasteiger partial charge in [-0.25, -0.2) is 18.4 Å². The highest BCUT2D eigenvalue weighted by Gasteiger charge is 2.17. The molecule has 3 aromatic rings. The molecule has 33 heavy (non-hydrogen) atoms. The standard InChI is InChI=1S/C21H22IN5O5S/c1-30-18-12-15(32-14-8-10-31-11-9-14)6-7-16(18)25-20-23-13-24-21(27-20)26-17-4-2-3-5-19(17)33(22,28)29/h2-7,12-14H,8-11H2,1H3,(H2,23,24,25,26,27). The van der Waals surface area contributed by atoms with Crippen LogP contribution in [-0.4, -0.2) is 49.8 Å². The topological polar surface area (TPSA) is 125 Å². The van der Waals surface area contributed by atoms with Gasteiger partial charge in [-0.1, -0.05) is 12.1 Å². The fraction of sp³-hybridized carbons (Fsp3) is 0.286. The van der Waals surface area contributed by atoms with Crippen LogP contribution in [0.2, 0.25) is 0 Å². The zero-order chi connectivity index (χ0) is 23.3. The van der Waals surface area contributed by atoms with Gasteiger partial charge >= 0.3 is 0 Å². The van der Waals surface area contributed by atoms with Gasteiger partial charge in [0, 0.05) is 18.9 Å². The number of ether oxygens (including phenoxy) is 3. The van der Waals surface area contributed by atoms with Gasteiger partial charge in [-0.3, -0.25) is 0 Å². The van der Waals surface area contributed by atoms with Crippen molar-refractivity contribution >= 4 is 51.5 Å². The molecule has 0 atom stereocenters. The Balaban J connectivity index is 1.50. The molecule has 174 valence electrons. The smallest absolute Gasteiger partial charge is 0.233 e. The van der Waals surface area contributed by atoms with Crippen molar-refractivity contribution in [1.29, 1.82) is 0 Å². The molecule has 1 aliphatic rings. The highest BCUT2D eigenvalue weighted by Crippen LogP contribution is 2.32. The first-order valence-corrected chi connectivity index (χ1v) is 14.1. The number of methoxy groups -OCH3 is 1. The van der Waals surface area contributed by atoms with Crippen LogP contribution >= 0.6 is 21.2 Å². The van der Waals surface area contributed by atoms with Crippen molar-refractivity contribution in [2.24, 2.45) is 0 Å². The molecule has 2 N–H and O–H groups in total. The average Bonchev–Trinajstić information content (AvgIpc) is 2.81. The highest BCUT2D eigenvalue weighted by molar-refractivity contribution is 14.2. The van der Waals surface area contributed by atoms with Crippen LogP contribution in [0.25, 0.3) is 0 Å². The van der Waals surface area contributed by atoms with E-state index in [0.717, 1.165) is 12.8 Å². The molecular weight excluding hydrogens is 561 g/mol. The van der Waals surface area contributed by atoms with E-state index in [0.29, 0.717) is 36.1 Å². The van der Waals surface area contributed by atoms with Crippen LogP contribution in [0.15, 0.2) is 53.7 Å². The summed E-state index contributed by atoms with van der Waals surface area (Å²) in [6, 6.07) is 12.0. The van der Waals surface area contributed by atoms with Crippen molar-refractivity contribution < 1.29 is 22.6 Å². The number of rotatable bonds is 8. The number of halogens is 1. The minimum Gasteiger partial charge on any atom is -0.494 e.